The molecular formula is C20H23N3O3S2. The van der Waals surface area contributed by atoms with Crippen molar-refractivity contribution < 1.29 is 13.2 Å². The minimum Gasteiger partial charge on any atom is -0.351 e. The number of aryl methyl sites for hydroxylation is 1. The minimum atomic E-state index is -3.62. The monoisotopic (exact) mass is 417 g/mol. The van der Waals surface area contributed by atoms with Gasteiger partial charge in [0.15, 0.2) is 0 Å². The molecule has 0 spiro atoms. The van der Waals surface area contributed by atoms with Crippen molar-refractivity contribution >= 4 is 38.2 Å². The maximum atomic E-state index is 13.1. The van der Waals surface area contributed by atoms with Gasteiger partial charge >= 0.3 is 0 Å². The van der Waals surface area contributed by atoms with Crippen LogP contribution in [0.25, 0.3) is 10.9 Å². The van der Waals surface area contributed by atoms with E-state index in [-0.39, 0.29) is 23.3 Å². The van der Waals surface area contributed by atoms with Crippen LogP contribution in [0.5, 0.6) is 0 Å². The number of thiophene rings is 1. The molecule has 4 rings (SSSR count). The SMILES string of the molecule is Cn1ccc2cc(S(=O)(=O)N3CCCC(C(=O)NCc4cccs4)C3)ccc21. The number of carbonyl (C=O) groups excluding carboxylic acids is 1. The summed E-state index contributed by atoms with van der Waals surface area (Å²) in [5.74, 6) is -0.393. The molecule has 148 valence electrons. The fourth-order valence-electron chi connectivity index (χ4n) is 3.68. The molecule has 0 aliphatic carbocycles. The van der Waals surface area contributed by atoms with E-state index >= 15 is 0 Å². The Morgan fingerprint density at radius 3 is 2.93 bits per heavy atom. The number of sulfonamides is 1. The smallest absolute Gasteiger partial charge is 0.243 e. The van der Waals surface area contributed by atoms with E-state index in [1.54, 1.807) is 23.5 Å². The zero-order valence-corrected chi connectivity index (χ0v) is 17.3. The summed E-state index contributed by atoms with van der Waals surface area (Å²) >= 11 is 1.59. The Morgan fingerprint density at radius 2 is 2.14 bits per heavy atom. The van der Waals surface area contributed by atoms with Gasteiger partial charge in [-0.25, -0.2) is 8.42 Å². The lowest BCUT2D eigenvalue weighted by Gasteiger charge is -2.31. The van der Waals surface area contributed by atoms with Gasteiger partial charge < -0.3 is 9.88 Å². The first-order chi connectivity index (χ1) is 13.4. The molecule has 28 heavy (non-hydrogen) atoms. The van der Waals surface area contributed by atoms with Crippen molar-refractivity contribution in [1.82, 2.24) is 14.2 Å². The Balaban J connectivity index is 1.48. The van der Waals surface area contributed by atoms with Crippen molar-refractivity contribution in [2.45, 2.75) is 24.3 Å². The van der Waals surface area contributed by atoms with E-state index in [1.165, 1.54) is 4.31 Å². The molecule has 0 saturated carbocycles. The Labute approximate surface area is 168 Å². The molecule has 1 aromatic carbocycles. The molecule has 1 atom stereocenters. The van der Waals surface area contributed by atoms with Crippen LogP contribution in [-0.4, -0.2) is 36.3 Å². The lowest BCUT2D eigenvalue weighted by atomic mass is 9.99. The second kappa shape index (κ2) is 7.69. The van der Waals surface area contributed by atoms with Gasteiger partial charge in [-0.1, -0.05) is 6.07 Å². The number of benzene rings is 1. The Bertz CT molecular complexity index is 1090. The van der Waals surface area contributed by atoms with Gasteiger partial charge in [-0.05, 0) is 48.6 Å². The van der Waals surface area contributed by atoms with Crippen LogP contribution in [0.2, 0.25) is 0 Å². The molecule has 3 aromatic rings. The average molecular weight is 418 g/mol. The van der Waals surface area contributed by atoms with Gasteiger partial charge in [0.2, 0.25) is 15.9 Å². The number of hydrogen-bond acceptors (Lipinski definition) is 4. The van der Waals surface area contributed by atoms with E-state index in [9.17, 15) is 13.2 Å². The van der Waals surface area contributed by atoms with E-state index in [2.05, 4.69) is 5.32 Å². The first-order valence-corrected chi connectivity index (χ1v) is 11.6. The summed E-state index contributed by atoms with van der Waals surface area (Å²) < 4.78 is 29.7. The number of piperidine rings is 1. The number of nitrogens with zero attached hydrogens (tertiary/aromatic N) is 2. The zero-order chi connectivity index (χ0) is 19.7. The zero-order valence-electron chi connectivity index (χ0n) is 15.7. The summed E-state index contributed by atoms with van der Waals surface area (Å²) in [5, 5.41) is 5.81. The molecule has 1 unspecified atom stereocenters. The molecule has 2 aromatic heterocycles. The van der Waals surface area contributed by atoms with Crippen LogP contribution in [0.3, 0.4) is 0 Å². The molecule has 1 N–H and O–H groups in total. The van der Waals surface area contributed by atoms with E-state index in [1.807, 2.05) is 47.5 Å². The van der Waals surface area contributed by atoms with E-state index < -0.39 is 10.0 Å². The molecule has 1 fully saturated rings. The van der Waals surface area contributed by atoms with Crippen LogP contribution in [0.15, 0.2) is 52.9 Å². The van der Waals surface area contributed by atoms with Crippen LogP contribution < -0.4 is 5.32 Å². The van der Waals surface area contributed by atoms with Crippen LogP contribution in [0.1, 0.15) is 17.7 Å². The van der Waals surface area contributed by atoms with Gasteiger partial charge in [-0.2, -0.15) is 4.31 Å². The van der Waals surface area contributed by atoms with Crippen molar-refractivity contribution in [3.05, 3.63) is 52.9 Å². The van der Waals surface area contributed by atoms with E-state index in [4.69, 9.17) is 0 Å². The molecule has 1 amide bonds. The van der Waals surface area contributed by atoms with Crippen LogP contribution in [-0.2, 0) is 28.4 Å². The van der Waals surface area contributed by atoms with Crippen molar-refractivity contribution in [3.63, 3.8) is 0 Å². The van der Waals surface area contributed by atoms with Crippen LogP contribution in [0, 0.1) is 5.92 Å². The summed E-state index contributed by atoms with van der Waals surface area (Å²) in [7, 11) is -1.69. The third-order valence-corrected chi connectivity index (χ3v) is 8.00. The fourth-order valence-corrected chi connectivity index (χ4v) is 5.88. The normalized spacial score (nSPS) is 18.4. The maximum absolute atomic E-state index is 13.1. The molecule has 6 nitrogen and oxygen atoms in total. The quantitative estimate of drug-likeness (QED) is 0.694. The summed E-state index contributed by atoms with van der Waals surface area (Å²) in [6.45, 7) is 1.17. The summed E-state index contributed by atoms with van der Waals surface area (Å²) in [5.41, 5.74) is 0.989. The van der Waals surface area contributed by atoms with Gasteiger partial charge in [-0.3, -0.25) is 4.79 Å². The highest BCUT2D eigenvalue weighted by molar-refractivity contribution is 7.89. The standard InChI is InChI=1S/C20H23N3O3S2/c1-22-10-8-15-12-18(6-7-19(15)22)28(25,26)23-9-2-4-16(14-23)20(24)21-13-17-5-3-11-27-17/h3,5-8,10-12,16H,2,4,9,13-14H2,1H3,(H,21,24). The first-order valence-electron chi connectivity index (χ1n) is 9.30. The molecule has 0 radical (unpaired) electrons. The Kier molecular flexibility index (Phi) is 5.27. The molecule has 1 aliphatic heterocycles. The molecule has 1 aliphatic rings. The second-order valence-electron chi connectivity index (χ2n) is 7.15. The summed E-state index contributed by atoms with van der Waals surface area (Å²) in [4.78, 5) is 13.9. The van der Waals surface area contributed by atoms with Gasteiger partial charge in [0, 0.05) is 42.1 Å². The molecule has 8 heteroatoms. The molecule has 3 heterocycles. The van der Waals surface area contributed by atoms with Gasteiger partial charge in [0.1, 0.15) is 0 Å². The highest BCUT2D eigenvalue weighted by Gasteiger charge is 2.33. The van der Waals surface area contributed by atoms with Gasteiger partial charge in [0.05, 0.1) is 17.4 Å². The Hall–Kier alpha value is -2.16. The van der Waals surface area contributed by atoms with Gasteiger partial charge in [0.25, 0.3) is 0 Å². The van der Waals surface area contributed by atoms with Crippen molar-refractivity contribution in [2.24, 2.45) is 13.0 Å². The number of aromatic nitrogens is 1. The third-order valence-electron chi connectivity index (χ3n) is 5.27. The maximum Gasteiger partial charge on any atom is 0.243 e. The molecule has 1 saturated heterocycles. The van der Waals surface area contributed by atoms with E-state index in [0.29, 0.717) is 25.9 Å². The highest BCUT2D eigenvalue weighted by Crippen LogP contribution is 2.26. The summed E-state index contributed by atoms with van der Waals surface area (Å²) in [6.07, 6.45) is 3.31. The van der Waals surface area contributed by atoms with Crippen molar-refractivity contribution in [2.75, 3.05) is 13.1 Å². The lowest BCUT2D eigenvalue weighted by Crippen LogP contribution is -2.45. The van der Waals surface area contributed by atoms with Crippen LogP contribution >= 0.6 is 11.3 Å². The number of amides is 1. The van der Waals surface area contributed by atoms with E-state index in [0.717, 1.165) is 15.8 Å². The number of fused-ring (bicyclic) bond motifs is 1. The Morgan fingerprint density at radius 1 is 1.29 bits per heavy atom. The lowest BCUT2D eigenvalue weighted by molar-refractivity contribution is -0.126. The number of hydrogen-bond donors (Lipinski definition) is 1. The van der Waals surface area contributed by atoms with Crippen LogP contribution in [0.4, 0.5) is 0 Å². The predicted octanol–water partition coefficient (Wildman–Crippen LogP) is 2.96. The predicted molar refractivity (Wildman–Crippen MR) is 111 cm³/mol. The number of nitrogens with one attached hydrogen (secondary N) is 1. The summed E-state index contributed by atoms with van der Waals surface area (Å²) in [6, 6.07) is 11.0. The van der Waals surface area contributed by atoms with Gasteiger partial charge in [-0.15, -0.1) is 11.3 Å². The molecular weight excluding hydrogens is 394 g/mol. The van der Waals surface area contributed by atoms with Crippen molar-refractivity contribution in [3.8, 4) is 0 Å². The molecule has 0 bridgehead atoms. The fraction of sp³-hybridized carbons (Fsp3) is 0.350. The topological polar surface area (TPSA) is 71.4 Å². The highest BCUT2D eigenvalue weighted by atomic mass is 32.2. The third kappa shape index (κ3) is 3.72. The average Bonchev–Trinajstić information content (AvgIpc) is 3.36. The first kappa shape index (κ1) is 19.2. The second-order valence-corrected chi connectivity index (χ2v) is 10.1. The number of carbonyl (C=O) groups is 1. The van der Waals surface area contributed by atoms with Crippen molar-refractivity contribution in [1.29, 1.82) is 0 Å². The largest absolute Gasteiger partial charge is 0.351 e. The number of rotatable bonds is 5. The minimum absolute atomic E-state index is 0.0770.